The van der Waals surface area contributed by atoms with Gasteiger partial charge in [0.15, 0.2) is 0 Å². The molecule has 1 heterocycles. The van der Waals surface area contributed by atoms with Gasteiger partial charge in [0.25, 0.3) is 0 Å². The van der Waals surface area contributed by atoms with E-state index in [9.17, 15) is 9.59 Å². The lowest BCUT2D eigenvalue weighted by Gasteiger charge is -2.24. The number of Topliss-reactive ketones (excluding diaryl/α,β-unsaturated/α-hetero) is 1. The summed E-state index contributed by atoms with van der Waals surface area (Å²) < 4.78 is 0. The zero-order valence-corrected chi connectivity index (χ0v) is 11.4. The van der Waals surface area contributed by atoms with Gasteiger partial charge in [0, 0.05) is 30.0 Å². The third-order valence-corrected chi connectivity index (χ3v) is 4.32. The van der Waals surface area contributed by atoms with Crippen LogP contribution in [0.4, 0.5) is 4.79 Å². The minimum absolute atomic E-state index is 0.0634. The molecule has 1 aliphatic heterocycles. The van der Waals surface area contributed by atoms with Crippen molar-refractivity contribution in [2.45, 2.75) is 50.8 Å². The molecule has 1 aliphatic rings. The van der Waals surface area contributed by atoms with Crippen LogP contribution in [-0.2, 0) is 4.79 Å². The van der Waals surface area contributed by atoms with Gasteiger partial charge in [0.05, 0.1) is 0 Å². The van der Waals surface area contributed by atoms with Gasteiger partial charge in [-0.2, -0.15) is 11.8 Å². The summed E-state index contributed by atoms with van der Waals surface area (Å²) in [5, 5.41) is 6.23. The Morgan fingerprint density at radius 2 is 2.24 bits per heavy atom. The van der Waals surface area contributed by atoms with Crippen LogP contribution in [0.1, 0.15) is 39.5 Å². The first-order chi connectivity index (χ1) is 8.08. The Morgan fingerprint density at radius 3 is 2.94 bits per heavy atom. The van der Waals surface area contributed by atoms with Crippen molar-refractivity contribution in [2.75, 3.05) is 12.3 Å². The van der Waals surface area contributed by atoms with Crippen LogP contribution >= 0.6 is 11.8 Å². The number of hydrogen-bond acceptors (Lipinski definition) is 3. The predicted molar refractivity (Wildman–Crippen MR) is 71.4 cm³/mol. The molecule has 0 aromatic rings. The molecule has 0 spiro atoms. The Balaban J connectivity index is 2.22. The highest BCUT2D eigenvalue weighted by atomic mass is 32.2. The molecule has 0 bridgehead atoms. The zero-order valence-electron chi connectivity index (χ0n) is 10.6. The molecule has 4 nitrogen and oxygen atoms in total. The number of urea groups is 1. The maximum atomic E-state index is 11.3. The van der Waals surface area contributed by atoms with Crippen LogP contribution in [0.15, 0.2) is 0 Å². The van der Waals surface area contributed by atoms with Gasteiger partial charge >= 0.3 is 6.03 Å². The standard InChI is InChI=1S/C12H22N2O2S/c1-9-8-17-11(7-13-12(16)14-9)6-4-3-5-10(2)15/h9,11H,3-8H2,1-2H3,(H2,13,14,16)/t9-,11?/m1/s1. The lowest BCUT2D eigenvalue weighted by Crippen LogP contribution is -2.46. The summed E-state index contributed by atoms with van der Waals surface area (Å²) in [6.07, 6.45) is 3.79. The highest BCUT2D eigenvalue weighted by Crippen LogP contribution is 2.19. The molecule has 98 valence electrons. The largest absolute Gasteiger partial charge is 0.337 e. The Hall–Kier alpha value is -0.710. The monoisotopic (exact) mass is 258 g/mol. The van der Waals surface area contributed by atoms with E-state index >= 15 is 0 Å². The van der Waals surface area contributed by atoms with Crippen LogP contribution in [0.5, 0.6) is 0 Å². The number of carbonyl (C=O) groups is 2. The molecule has 0 saturated carbocycles. The van der Waals surface area contributed by atoms with Gasteiger partial charge in [-0.15, -0.1) is 0 Å². The quantitative estimate of drug-likeness (QED) is 0.741. The van der Waals surface area contributed by atoms with Gasteiger partial charge in [-0.1, -0.05) is 6.42 Å². The fraction of sp³-hybridized carbons (Fsp3) is 0.833. The van der Waals surface area contributed by atoms with Gasteiger partial charge in [-0.25, -0.2) is 4.79 Å². The number of hydrogen-bond donors (Lipinski definition) is 2. The Bertz CT molecular complexity index is 271. The average Bonchev–Trinajstić information content (AvgIpc) is 2.24. The Labute approximate surface area is 107 Å². The van der Waals surface area contributed by atoms with Crippen molar-refractivity contribution in [2.24, 2.45) is 0 Å². The van der Waals surface area contributed by atoms with Gasteiger partial charge < -0.3 is 15.4 Å². The van der Waals surface area contributed by atoms with E-state index in [4.69, 9.17) is 0 Å². The number of unbranched alkanes of at least 4 members (excludes halogenated alkanes) is 1. The van der Waals surface area contributed by atoms with Gasteiger partial charge in [0.2, 0.25) is 0 Å². The van der Waals surface area contributed by atoms with Crippen LogP contribution < -0.4 is 10.6 Å². The summed E-state index contributed by atoms with van der Waals surface area (Å²) in [5.74, 6) is 1.23. The van der Waals surface area contributed by atoms with E-state index < -0.39 is 0 Å². The summed E-state index contributed by atoms with van der Waals surface area (Å²) >= 11 is 1.90. The molecule has 1 saturated heterocycles. The maximum absolute atomic E-state index is 11.3. The molecule has 0 aliphatic carbocycles. The molecule has 2 N–H and O–H groups in total. The molecular formula is C12H22N2O2S. The van der Waals surface area contributed by atoms with E-state index in [2.05, 4.69) is 10.6 Å². The second-order valence-corrected chi connectivity index (χ2v) is 5.99. The Morgan fingerprint density at radius 1 is 1.47 bits per heavy atom. The van der Waals surface area contributed by atoms with Crippen LogP contribution in [-0.4, -0.2) is 35.4 Å². The van der Waals surface area contributed by atoms with Crippen molar-refractivity contribution < 1.29 is 9.59 Å². The van der Waals surface area contributed by atoms with E-state index in [-0.39, 0.29) is 17.9 Å². The second-order valence-electron chi connectivity index (χ2n) is 4.66. The number of amides is 2. The number of thioether (sulfide) groups is 1. The first kappa shape index (κ1) is 14.4. The van der Waals surface area contributed by atoms with E-state index in [1.54, 1.807) is 6.92 Å². The molecule has 0 aromatic carbocycles. The van der Waals surface area contributed by atoms with Gasteiger partial charge in [-0.3, -0.25) is 0 Å². The molecule has 1 rings (SSSR count). The predicted octanol–water partition coefficient (Wildman–Crippen LogP) is 1.94. The first-order valence-corrected chi connectivity index (χ1v) is 7.28. The zero-order chi connectivity index (χ0) is 12.7. The molecule has 5 heteroatoms. The molecule has 0 radical (unpaired) electrons. The Kier molecular flexibility index (Phi) is 6.40. The number of carbonyl (C=O) groups excluding carboxylic acids is 2. The van der Waals surface area contributed by atoms with Crippen LogP contribution in [0.3, 0.4) is 0 Å². The minimum atomic E-state index is -0.0634. The molecular weight excluding hydrogens is 236 g/mol. The average molecular weight is 258 g/mol. The molecule has 2 atom stereocenters. The van der Waals surface area contributed by atoms with Crippen molar-refractivity contribution in [3.05, 3.63) is 0 Å². The van der Waals surface area contributed by atoms with Crippen molar-refractivity contribution >= 4 is 23.6 Å². The van der Waals surface area contributed by atoms with Crippen molar-refractivity contribution in [3.8, 4) is 0 Å². The van der Waals surface area contributed by atoms with Crippen LogP contribution in [0.2, 0.25) is 0 Å². The summed E-state index contributed by atoms with van der Waals surface area (Å²) in [6, 6.07) is 0.159. The van der Waals surface area contributed by atoms with E-state index in [0.29, 0.717) is 11.7 Å². The van der Waals surface area contributed by atoms with E-state index in [1.165, 1.54) is 0 Å². The van der Waals surface area contributed by atoms with Crippen molar-refractivity contribution in [1.29, 1.82) is 0 Å². The summed E-state index contributed by atoms with van der Waals surface area (Å²) in [7, 11) is 0. The minimum Gasteiger partial charge on any atom is -0.337 e. The number of nitrogens with one attached hydrogen (secondary N) is 2. The first-order valence-electron chi connectivity index (χ1n) is 6.23. The summed E-state index contributed by atoms with van der Waals surface area (Å²) in [4.78, 5) is 22.1. The molecule has 0 aromatic heterocycles. The number of ketones is 1. The van der Waals surface area contributed by atoms with Crippen molar-refractivity contribution in [3.63, 3.8) is 0 Å². The maximum Gasteiger partial charge on any atom is 0.315 e. The van der Waals surface area contributed by atoms with Crippen molar-refractivity contribution in [1.82, 2.24) is 10.6 Å². The lowest BCUT2D eigenvalue weighted by molar-refractivity contribution is -0.117. The number of rotatable bonds is 5. The third-order valence-electron chi connectivity index (χ3n) is 2.75. The highest BCUT2D eigenvalue weighted by molar-refractivity contribution is 8.00. The van der Waals surface area contributed by atoms with Gasteiger partial charge in [0.1, 0.15) is 5.78 Å². The normalized spacial score (nSPS) is 25.4. The van der Waals surface area contributed by atoms with Crippen LogP contribution in [0.25, 0.3) is 0 Å². The topological polar surface area (TPSA) is 58.2 Å². The van der Waals surface area contributed by atoms with Crippen LogP contribution in [0, 0.1) is 0 Å². The van der Waals surface area contributed by atoms with E-state index in [1.807, 2.05) is 18.7 Å². The molecule has 17 heavy (non-hydrogen) atoms. The highest BCUT2D eigenvalue weighted by Gasteiger charge is 2.17. The SMILES string of the molecule is CC(=O)CCCCC1CNC(=O)N[C@H](C)CS1. The molecule has 2 amide bonds. The van der Waals surface area contributed by atoms with Gasteiger partial charge in [-0.05, 0) is 26.7 Å². The van der Waals surface area contributed by atoms with E-state index in [0.717, 1.165) is 31.6 Å². The second kappa shape index (κ2) is 7.58. The molecule has 1 unspecified atom stereocenters. The summed E-state index contributed by atoms with van der Waals surface area (Å²) in [5.41, 5.74) is 0. The lowest BCUT2D eigenvalue weighted by atomic mass is 10.1. The third kappa shape index (κ3) is 6.56. The molecule has 1 fully saturated rings. The summed E-state index contributed by atoms with van der Waals surface area (Å²) in [6.45, 7) is 4.38. The fourth-order valence-electron chi connectivity index (χ4n) is 1.79. The smallest absolute Gasteiger partial charge is 0.315 e. The fourth-order valence-corrected chi connectivity index (χ4v) is 2.97.